The molecule has 6 nitrogen and oxygen atoms in total. The summed E-state index contributed by atoms with van der Waals surface area (Å²) in [6.07, 6.45) is 1.54. The molecule has 0 saturated carbocycles. The molecule has 0 bridgehead atoms. The minimum absolute atomic E-state index is 0.0157. The van der Waals surface area contributed by atoms with E-state index in [2.05, 4.69) is 15.2 Å². The van der Waals surface area contributed by atoms with Crippen LogP contribution in [0.1, 0.15) is 33.8 Å². The number of benzene rings is 1. The zero-order chi connectivity index (χ0) is 19.4. The topological polar surface area (TPSA) is 71.5 Å². The van der Waals surface area contributed by atoms with E-state index in [0.717, 1.165) is 47.8 Å². The maximum absolute atomic E-state index is 12.7. The van der Waals surface area contributed by atoms with Crippen molar-refractivity contribution in [1.29, 1.82) is 0 Å². The van der Waals surface area contributed by atoms with Gasteiger partial charge < -0.3 is 10.1 Å². The first-order valence-corrected chi connectivity index (χ1v) is 9.92. The summed E-state index contributed by atoms with van der Waals surface area (Å²) in [4.78, 5) is 32.4. The first-order chi connectivity index (χ1) is 13.0. The summed E-state index contributed by atoms with van der Waals surface area (Å²) >= 11 is 1.49. The lowest BCUT2D eigenvalue weighted by atomic mass is 9.89. The molecule has 2 aromatic rings. The van der Waals surface area contributed by atoms with Gasteiger partial charge in [-0.1, -0.05) is 0 Å². The Bertz CT molecular complexity index is 789. The lowest BCUT2D eigenvalue weighted by Gasteiger charge is -2.30. The zero-order valence-electron chi connectivity index (χ0n) is 15.9. The molecule has 27 heavy (non-hydrogen) atoms. The normalized spacial score (nSPS) is 15.5. The van der Waals surface area contributed by atoms with Crippen LogP contribution in [0, 0.1) is 19.8 Å². The molecular formula is C20H25N3O3S. The number of ketones is 1. The SMILES string of the molecule is COc1ccc(C(=O)C2CCN(CC(=O)Nc3nc(C)c(C)s3)CC2)cc1. The molecule has 0 aliphatic carbocycles. The van der Waals surface area contributed by atoms with E-state index in [1.165, 1.54) is 11.3 Å². The standard InChI is InChI=1S/C20H25N3O3S/c1-13-14(2)27-20(21-13)22-18(24)12-23-10-8-16(9-11-23)19(25)15-4-6-17(26-3)7-5-15/h4-7,16H,8-12H2,1-3H3,(H,21,22,24). The number of methoxy groups -OCH3 is 1. The monoisotopic (exact) mass is 387 g/mol. The number of amides is 1. The van der Waals surface area contributed by atoms with Crippen LogP contribution in [0.3, 0.4) is 0 Å². The van der Waals surface area contributed by atoms with E-state index in [9.17, 15) is 9.59 Å². The Balaban J connectivity index is 1.47. The van der Waals surface area contributed by atoms with Gasteiger partial charge >= 0.3 is 0 Å². The van der Waals surface area contributed by atoms with Crippen LogP contribution in [0.15, 0.2) is 24.3 Å². The summed E-state index contributed by atoms with van der Waals surface area (Å²) in [7, 11) is 1.61. The molecular weight excluding hydrogens is 362 g/mol. The van der Waals surface area contributed by atoms with Crippen molar-refractivity contribution < 1.29 is 14.3 Å². The second-order valence-corrected chi connectivity index (χ2v) is 8.06. The van der Waals surface area contributed by atoms with Gasteiger partial charge in [0.2, 0.25) is 5.91 Å². The van der Waals surface area contributed by atoms with Crippen molar-refractivity contribution in [3.63, 3.8) is 0 Å². The average Bonchev–Trinajstić information content (AvgIpc) is 2.98. The lowest BCUT2D eigenvalue weighted by Crippen LogP contribution is -2.40. The molecule has 0 unspecified atom stereocenters. The molecule has 0 atom stereocenters. The van der Waals surface area contributed by atoms with Crippen molar-refractivity contribution in [1.82, 2.24) is 9.88 Å². The third-order valence-corrected chi connectivity index (χ3v) is 5.96. The summed E-state index contributed by atoms with van der Waals surface area (Å²) in [5.74, 6) is 0.888. The highest BCUT2D eigenvalue weighted by Crippen LogP contribution is 2.24. The van der Waals surface area contributed by atoms with Crippen molar-refractivity contribution in [2.75, 3.05) is 32.1 Å². The second-order valence-electron chi connectivity index (χ2n) is 6.85. The first-order valence-electron chi connectivity index (χ1n) is 9.10. The zero-order valence-corrected chi connectivity index (χ0v) is 16.8. The van der Waals surface area contributed by atoms with Crippen LogP contribution >= 0.6 is 11.3 Å². The average molecular weight is 388 g/mol. The number of rotatable bonds is 6. The summed E-state index contributed by atoms with van der Waals surface area (Å²) in [5, 5.41) is 3.52. The molecule has 3 rings (SSSR count). The van der Waals surface area contributed by atoms with Gasteiger partial charge in [-0.25, -0.2) is 4.98 Å². The number of Topliss-reactive ketones (excluding diaryl/α,β-unsaturated/α-hetero) is 1. The molecule has 1 aliphatic rings. The first kappa shape index (κ1) is 19.5. The van der Waals surface area contributed by atoms with E-state index < -0.39 is 0 Å². The molecule has 1 fully saturated rings. The maximum Gasteiger partial charge on any atom is 0.240 e. The van der Waals surface area contributed by atoms with Crippen molar-refractivity contribution in [3.8, 4) is 5.75 Å². The number of thiazole rings is 1. The number of carbonyl (C=O) groups is 2. The van der Waals surface area contributed by atoms with E-state index in [4.69, 9.17) is 4.74 Å². The van der Waals surface area contributed by atoms with Crippen LogP contribution in [0.4, 0.5) is 5.13 Å². The van der Waals surface area contributed by atoms with Gasteiger partial charge in [0.15, 0.2) is 10.9 Å². The van der Waals surface area contributed by atoms with Gasteiger partial charge in [0.25, 0.3) is 0 Å². The largest absolute Gasteiger partial charge is 0.497 e. The number of likely N-dealkylation sites (tertiary alicyclic amines) is 1. The Hall–Kier alpha value is -2.25. The fraction of sp³-hybridized carbons (Fsp3) is 0.450. The Labute approximate surface area is 163 Å². The predicted molar refractivity (Wildman–Crippen MR) is 107 cm³/mol. The molecule has 1 amide bonds. The van der Waals surface area contributed by atoms with Gasteiger partial charge in [-0.2, -0.15) is 0 Å². The molecule has 2 heterocycles. The summed E-state index contributed by atoms with van der Waals surface area (Å²) in [6.45, 7) is 5.76. The maximum atomic E-state index is 12.7. The van der Waals surface area contributed by atoms with Crippen LogP contribution in [0.25, 0.3) is 0 Å². The predicted octanol–water partition coefficient (Wildman–Crippen LogP) is 3.30. The van der Waals surface area contributed by atoms with Crippen molar-refractivity contribution in [3.05, 3.63) is 40.4 Å². The molecule has 7 heteroatoms. The number of nitrogens with one attached hydrogen (secondary N) is 1. The molecule has 1 aromatic heterocycles. The number of hydrogen-bond donors (Lipinski definition) is 1. The minimum Gasteiger partial charge on any atom is -0.497 e. The smallest absolute Gasteiger partial charge is 0.240 e. The van der Waals surface area contributed by atoms with Crippen molar-refractivity contribution >= 4 is 28.2 Å². The van der Waals surface area contributed by atoms with E-state index in [1.807, 2.05) is 38.1 Å². The summed E-state index contributed by atoms with van der Waals surface area (Å²) in [6, 6.07) is 7.27. The number of anilines is 1. The van der Waals surface area contributed by atoms with E-state index in [-0.39, 0.29) is 17.6 Å². The van der Waals surface area contributed by atoms with Gasteiger partial charge in [0.05, 0.1) is 19.3 Å². The third-order valence-electron chi connectivity index (χ3n) is 4.97. The Kier molecular flexibility index (Phi) is 6.23. The Morgan fingerprint density at radius 2 is 1.89 bits per heavy atom. The van der Waals surface area contributed by atoms with Gasteiger partial charge in [0, 0.05) is 16.4 Å². The van der Waals surface area contributed by atoms with Crippen molar-refractivity contribution in [2.24, 2.45) is 5.92 Å². The Morgan fingerprint density at radius 1 is 1.22 bits per heavy atom. The number of aromatic nitrogens is 1. The van der Waals surface area contributed by atoms with Gasteiger partial charge in [-0.3, -0.25) is 14.5 Å². The fourth-order valence-corrected chi connectivity index (χ4v) is 4.06. The van der Waals surface area contributed by atoms with Crippen LogP contribution in [-0.4, -0.2) is 48.3 Å². The molecule has 1 saturated heterocycles. The second kappa shape index (κ2) is 8.63. The third kappa shape index (κ3) is 4.93. The number of aryl methyl sites for hydroxylation is 2. The molecule has 1 N–H and O–H groups in total. The van der Waals surface area contributed by atoms with Crippen LogP contribution < -0.4 is 10.1 Å². The number of nitrogens with zero attached hydrogens (tertiary/aromatic N) is 2. The molecule has 144 valence electrons. The van der Waals surface area contributed by atoms with Gasteiger partial charge in [-0.15, -0.1) is 11.3 Å². The van der Waals surface area contributed by atoms with Crippen LogP contribution in [-0.2, 0) is 4.79 Å². The highest BCUT2D eigenvalue weighted by molar-refractivity contribution is 7.15. The highest BCUT2D eigenvalue weighted by atomic mass is 32.1. The van der Waals surface area contributed by atoms with Gasteiger partial charge in [0.1, 0.15) is 5.75 Å². The van der Waals surface area contributed by atoms with Crippen LogP contribution in [0.2, 0.25) is 0 Å². The summed E-state index contributed by atoms with van der Waals surface area (Å²) < 4.78 is 5.14. The molecule has 0 radical (unpaired) electrons. The van der Waals surface area contributed by atoms with E-state index in [1.54, 1.807) is 7.11 Å². The van der Waals surface area contributed by atoms with E-state index >= 15 is 0 Å². The Morgan fingerprint density at radius 3 is 2.44 bits per heavy atom. The summed E-state index contributed by atoms with van der Waals surface area (Å²) in [5.41, 5.74) is 1.68. The number of piperidine rings is 1. The van der Waals surface area contributed by atoms with Crippen molar-refractivity contribution in [2.45, 2.75) is 26.7 Å². The lowest BCUT2D eigenvalue weighted by molar-refractivity contribution is -0.117. The highest BCUT2D eigenvalue weighted by Gasteiger charge is 2.26. The minimum atomic E-state index is -0.0521. The number of ether oxygens (including phenoxy) is 1. The fourth-order valence-electron chi connectivity index (χ4n) is 3.23. The number of carbonyl (C=O) groups excluding carboxylic acids is 2. The van der Waals surface area contributed by atoms with E-state index in [0.29, 0.717) is 11.7 Å². The molecule has 0 spiro atoms. The van der Waals surface area contributed by atoms with Crippen LogP contribution in [0.5, 0.6) is 5.75 Å². The molecule has 1 aromatic carbocycles. The van der Waals surface area contributed by atoms with Gasteiger partial charge in [-0.05, 0) is 64.0 Å². The molecule has 1 aliphatic heterocycles. The number of hydrogen-bond acceptors (Lipinski definition) is 6. The quantitative estimate of drug-likeness (QED) is 0.770.